The number of carbonyl (C=O) groups excluding carboxylic acids is 2. The topological polar surface area (TPSA) is 86.8 Å². The van der Waals surface area contributed by atoms with Crippen LogP contribution < -0.4 is 9.62 Å². The van der Waals surface area contributed by atoms with Gasteiger partial charge in [-0.25, -0.2) is 8.42 Å². The van der Waals surface area contributed by atoms with Crippen LogP contribution in [-0.4, -0.2) is 43.3 Å². The first kappa shape index (κ1) is 33.1. The number of nitrogens with one attached hydrogen (secondary N) is 1. The second kappa shape index (κ2) is 14.3. The smallest absolute Gasteiger partial charge is 0.264 e. The predicted octanol–water partition coefficient (Wildman–Crippen LogP) is 6.74. The highest BCUT2D eigenvalue weighted by molar-refractivity contribution is 7.92. The van der Waals surface area contributed by atoms with Crippen LogP contribution in [0.3, 0.4) is 0 Å². The Morgan fingerprint density at radius 1 is 0.773 bits per heavy atom. The molecule has 0 saturated heterocycles. The van der Waals surface area contributed by atoms with Gasteiger partial charge < -0.3 is 10.2 Å². The Bertz CT molecular complexity index is 1680. The van der Waals surface area contributed by atoms with Crippen molar-refractivity contribution < 1.29 is 18.0 Å². The van der Waals surface area contributed by atoms with E-state index in [1.54, 1.807) is 24.3 Å². The van der Waals surface area contributed by atoms with Crippen LogP contribution in [0.5, 0.6) is 0 Å². The van der Waals surface area contributed by atoms with E-state index in [1.165, 1.54) is 29.2 Å². The average molecular weight is 653 g/mol. The minimum absolute atomic E-state index is 0.0117. The molecule has 1 N–H and O–H groups in total. The third-order valence-corrected chi connectivity index (χ3v) is 9.36. The van der Waals surface area contributed by atoms with Crippen LogP contribution in [0.25, 0.3) is 0 Å². The van der Waals surface area contributed by atoms with Gasteiger partial charge in [0.15, 0.2) is 0 Å². The number of anilines is 1. The number of nitrogens with zero attached hydrogens (tertiary/aromatic N) is 2. The molecule has 0 aliphatic rings. The molecular formula is C34H35Cl2N3O4S. The summed E-state index contributed by atoms with van der Waals surface area (Å²) in [5.41, 5.74) is 1.10. The van der Waals surface area contributed by atoms with Crippen molar-refractivity contribution in [3.8, 4) is 0 Å². The molecule has 0 saturated carbocycles. The normalized spacial score (nSPS) is 12.3. The molecule has 0 heterocycles. The highest BCUT2D eigenvalue weighted by Crippen LogP contribution is 2.35. The Balaban J connectivity index is 1.83. The van der Waals surface area contributed by atoms with E-state index >= 15 is 0 Å². The fraction of sp³-hybridized carbons (Fsp3) is 0.235. The lowest BCUT2D eigenvalue weighted by atomic mass is 10.0. The van der Waals surface area contributed by atoms with Crippen molar-refractivity contribution in [2.45, 2.75) is 50.2 Å². The van der Waals surface area contributed by atoms with E-state index in [4.69, 9.17) is 23.2 Å². The van der Waals surface area contributed by atoms with Crippen molar-refractivity contribution in [3.05, 3.63) is 130 Å². The van der Waals surface area contributed by atoms with Crippen LogP contribution in [0.1, 0.15) is 31.9 Å². The Morgan fingerprint density at radius 3 is 1.89 bits per heavy atom. The third-order valence-electron chi connectivity index (χ3n) is 6.78. The molecule has 10 heteroatoms. The van der Waals surface area contributed by atoms with Gasteiger partial charge in [0.1, 0.15) is 12.6 Å². The Hall–Kier alpha value is -3.85. The largest absolute Gasteiger partial charge is 0.350 e. The van der Waals surface area contributed by atoms with E-state index in [0.29, 0.717) is 0 Å². The van der Waals surface area contributed by atoms with Gasteiger partial charge in [0.05, 0.1) is 20.6 Å². The van der Waals surface area contributed by atoms with Crippen molar-refractivity contribution in [3.63, 3.8) is 0 Å². The minimum atomic E-state index is -4.29. The molecule has 4 rings (SSSR count). The first-order chi connectivity index (χ1) is 20.9. The Kier molecular flexibility index (Phi) is 10.7. The van der Waals surface area contributed by atoms with Gasteiger partial charge in [-0.2, -0.15) is 0 Å². The number of rotatable bonds is 11. The lowest BCUT2D eigenvalue weighted by Crippen LogP contribution is -2.56. The van der Waals surface area contributed by atoms with E-state index in [2.05, 4.69) is 5.32 Å². The molecule has 1 atom stereocenters. The van der Waals surface area contributed by atoms with Crippen molar-refractivity contribution >= 4 is 50.7 Å². The molecule has 0 unspecified atom stereocenters. The van der Waals surface area contributed by atoms with E-state index in [-0.39, 0.29) is 39.5 Å². The highest BCUT2D eigenvalue weighted by Gasteiger charge is 2.36. The van der Waals surface area contributed by atoms with Gasteiger partial charge in [-0.1, -0.05) is 108 Å². The number of halogens is 2. The second-order valence-corrected chi connectivity index (χ2v) is 14.0. The SMILES string of the molecule is CC(C)(C)NC(=O)[C@H](Cc1ccccc1)N(Cc1ccccc1)C(=O)CN(c1cccc(Cl)c1Cl)S(=O)(=O)c1ccccc1. The van der Waals surface area contributed by atoms with Crippen molar-refractivity contribution in [1.29, 1.82) is 0 Å². The lowest BCUT2D eigenvalue weighted by Gasteiger charge is -2.35. The monoisotopic (exact) mass is 651 g/mol. The maximum Gasteiger partial charge on any atom is 0.264 e. The summed E-state index contributed by atoms with van der Waals surface area (Å²) in [5, 5.41) is 3.14. The van der Waals surface area contributed by atoms with Crippen molar-refractivity contribution in [2.75, 3.05) is 10.8 Å². The van der Waals surface area contributed by atoms with Gasteiger partial charge in [0, 0.05) is 18.5 Å². The number of amides is 2. The zero-order valence-electron chi connectivity index (χ0n) is 24.8. The van der Waals surface area contributed by atoms with Crippen LogP contribution in [0.2, 0.25) is 10.0 Å². The molecule has 0 spiro atoms. The molecule has 7 nitrogen and oxygen atoms in total. The van der Waals surface area contributed by atoms with Gasteiger partial charge in [0.25, 0.3) is 10.0 Å². The average Bonchev–Trinajstić information content (AvgIpc) is 2.99. The molecule has 4 aromatic carbocycles. The summed E-state index contributed by atoms with van der Waals surface area (Å²) in [5.74, 6) is -0.946. The summed E-state index contributed by atoms with van der Waals surface area (Å²) >= 11 is 12.8. The van der Waals surface area contributed by atoms with Gasteiger partial charge in [-0.15, -0.1) is 0 Å². The standard InChI is InChI=1S/C34H35Cl2N3O4S/c1-34(2,3)37-33(41)30(22-25-14-7-4-8-15-25)38(23-26-16-9-5-10-17-26)31(40)24-39(29-21-13-20-28(35)32(29)36)44(42,43)27-18-11-6-12-19-27/h4-21,30H,22-24H2,1-3H3,(H,37,41)/t30-/m0/s1. The molecular weight excluding hydrogens is 617 g/mol. The molecule has 230 valence electrons. The summed E-state index contributed by atoms with van der Waals surface area (Å²) in [7, 11) is -4.29. The minimum Gasteiger partial charge on any atom is -0.350 e. The zero-order valence-corrected chi connectivity index (χ0v) is 27.1. The first-order valence-electron chi connectivity index (χ1n) is 14.1. The van der Waals surface area contributed by atoms with Crippen LogP contribution in [-0.2, 0) is 32.6 Å². The van der Waals surface area contributed by atoms with E-state index < -0.39 is 34.1 Å². The fourth-order valence-electron chi connectivity index (χ4n) is 4.71. The number of hydrogen-bond acceptors (Lipinski definition) is 4. The molecule has 4 aromatic rings. The van der Waals surface area contributed by atoms with E-state index in [9.17, 15) is 18.0 Å². The summed E-state index contributed by atoms with van der Waals surface area (Å²) in [6.45, 7) is 5.03. The second-order valence-electron chi connectivity index (χ2n) is 11.3. The quantitative estimate of drug-likeness (QED) is 0.194. The maximum absolute atomic E-state index is 14.5. The first-order valence-corrected chi connectivity index (χ1v) is 16.3. The van der Waals surface area contributed by atoms with Crippen LogP contribution in [0.15, 0.2) is 114 Å². The molecule has 0 bridgehead atoms. The summed E-state index contributed by atoms with van der Waals surface area (Å²) < 4.78 is 29.1. The van der Waals surface area contributed by atoms with Crippen molar-refractivity contribution in [2.24, 2.45) is 0 Å². The van der Waals surface area contributed by atoms with Gasteiger partial charge in [0.2, 0.25) is 11.8 Å². The van der Waals surface area contributed by atoms with E-state index in [1.807, 2.05) is 81.4 Å². The Morgan fingerprint density at radius 2 is 1.32 bits per heavy atom. The molecule has 44 heavy (non-hydrogen) atoms. The van der Waals surface area contributed by atoms with Crippen molar-refractivity contribution in [1.82, 2.24) is 10.2 Å². The summed E-state index contributed by atoms with van der Waals surface area (Å²) in [6, 6.07) is 30.1. The number of sulfonamides is 1. The van der Waals surface area contributed by atoms with Crippen LogP contribution >= 0.6 is 23.2 Å². The predicted molar refractivity (Wildman–Crippen MR) is 176 cm³/mol. The number of hydrogen-bond donors (Lipinski definition) is 1. The molecule has 0 aliphatic heterocycles. The molecule has 2 amide bonds. The summed E-state index contributed by atoms with van der Waals surface area (Å²) in [4.78, 5) is 29.8. The van der Waals surface area contributed by atoms with Gasteiger partial charge in [-0.05, 0) is 56.2 Å². The third kappa shape index (κ3) is 8.40. The number of carbonyl (C=O) groups is 2. The molecule has 0 aliphatic carbocycles. The van der Waals surface area contributed by atoms with Crippen LogP contribution in [0, 0.1) is 0 Å². The molecule has 0 radical (unpaired) electrons. The maximum atomic E-state index is 14.5. The molecule has 0 aromatic heterocycles. The lowest BCUT2D eigenvalue weighted by molar-refractivity contribution is -0.140. The van der Waals surface area contributed by atoms with Crippen LogP contribution in [0.4, 0.5) is 5.69 Å². The van der Waals surface area contributed by atoms with E-state index in [0.717, 1.165) is 15.4 Å². The fourth-order valence-corrected chi connectivity index (χ4v) is 6.60. The van der Waals surface area contributed by atoms with Gasteiger partial charge >= 0.3 is 0 Å². The van der Waals surface area contributed by atoms with Gasteiger partial charge in [-0.3, -0.25) is 13.9 Å². The summed E-state index contributed by atoms with van der Waals surface area (Å²) in [6.07, 6.45) is 0.213. The number of benzene rings is 4. The highest BCUT2D eigenvalue weighted by atomic mass is 35.5. The Labute approximate surface area is 269 Å². The zero-order chi connectivity index (χ0) is 31.9. The molecule has 0 fully saturated rings.